The van der Waals surface area contributed by atoms with Gasteiger partial charge in [0, 0.05) is 26.8 Å². The summed E-state index contributed by atoms with van der Waals surface area (Å²) in [6, 6.07) is 13.9. The summed E-state index contributed by atoms with van der Waals surface area (Å²) >= 11 is 0. The van der Waals surface area contributed by atoms with Gasteiger partial charge in [-0.25, -0.2) is 4.98 Å². The molecule has 1 heterocycles. The first-order valence-electron chi connectivity index (χ1n) is 7.62. The van der Waals surface area contributed by atoms with Crippen LogP contribution in [0.15, 0.2) is 48.7 Å². The maximum absolute atomic E-state index is 12.3. The summed E-state index contributed by atoms with van der Waals surface area (Å²) in [6.07, 6.45) is 1.61. The van der Waals surface area contributed by atoms with Crippen LogP contribution in [0.2, 0.25) is 0 Å². The number of likely N-dealkylation sites (N-methyl/N-ethyl adjacent to an activating group) is 1. The number of anilines is 1. The molecule has 0 aliphatic heterocycles. The fourth-order valence-electron chi connectivity index (χ4n) is 2.35. The molecule has 1 N–H and O–H groups in total. The van der Waals surface area contributed by atoms with Crippen molar-refractivity contribution in [1.29, 1.82) is 0 Å². The largest absolute Gasteiger partial charge is 0.363 e. The van der Waals surface area contributed by atoms with Gasteiger partial charge in [-0.1, -0.05) is 30.3 Å². The van der Waals surface area contributed by atoms with Crippen LogP contribution in [0.4, 0.5) is 5.82 Å². The van der Waals surface area contributed by atoms with Crippen molar-refractivity contribution in [2.24, 2.45) is 0 Å². The second-order valence-corrected chi connectivity index (χ2v) is 5.90. The molecule has 1 atom stereocenters. The first-order chi connectivity index (χ1) is 11.0. The van der Waals surface area contributed by atoms with E-state index in [9.17, 15) is 4.79 Å². The third-order valence-corrected chi connectivity index (χ3v) is 3.73. The Balaban J connectivity index is 2.01. The van der Waals surface area contributed by atoms with E-state index in [1.165, 1.54) is 5.56 Å². The summed E-state index contributed by atoms with van der Waals surface area (Å²) in [5, 5.41) is 2.99. The van der Waals surface area contributed by atoms with E-state index in [1.807, 2.05) is 57.4 Å². The van der Waals surface area contributed by atoms with E-state index in [2.05, 4.69) is 27.3 Å². The minimum atomic E-state index is -0.106. The van der Waals surface area contributed by atoms with Crippen molar-refractivity contribution in [3.05, 3.63) is 59.8 Å². The minimum Gasteiger partial charge on any atom is -0.363 e. The average molecular weight is 312 g/mol. The first kappa shape index (κ1) is 17.0. The van der Waals surface area contributed by atoms with Crippen LogP contribution in [0.5, 0.6) is 0 Å². The number of carbonyl (C=O) groups is 1. The molecule has 0 spiro atoms. The van der Waals surface area contributed by atoms with E-state index in [4.69, 9.17) is 0 Å². The lowest BCUT2D eigenvalue weighted by molar-refractivity contribution is 0.0941. The molecule has 23 heavy (non-hydrogen) atoms. The predicted molar refractivity (Wildman–Crippen MR) is 93.8 cm³/mol. The van der Waals surface area contributed by atoms with E-state index in [-0.39, 0.29) is 11.9 Å². The molecule has 0 saturated carbocycles. The number of hydrogen-bond donors (Lipinski definition) is 1. The van der Waals surface area contributed by atoms with Gasteiger partial charge in [0.2, 0.25) is 0 Å². The van der Waals surface area contributed by atoms with Gasteiger partial charge in [-0.2, -0.15) is 0 Å². The molecular formula is C18H24N4O. The van der Waals surface area contributed by atoms with E-state index < -0.39 is 0 Å². The zero-order valence-electron chi connectivity index (χ0n) is 14.2. The lowest BCUT2D eigenvalue weighted by Gasteiger charge is -2.25. The fourth-order valence-corrected chi connectivity index (χ4v) is 2.35. The molecule has 1 amide bonds. The summed E-state index contributed by atoms with van der Waals surface area (Å²) in [4.78, 5) is 20.6. The summed E-state index contributed by atoms with van der Waals surface area (Å²) in [7, 11) is 7.86. The van der Waals surface area contributed by atoms with Gasteiger partial charge in [-0.15, -0.1) is 0 Å². The van der Waals surface area contributed by atoms with Crippen LogP contribution in [0.25, 0.3) is 0 Å². The first-order valence-corrected chi connectivity index (χ1v) is 7.62. The monoisotopic (exact) mass is 312 g/mol. The molecule has 2 rings (SSSR count). The lowest BCUT2D eigenvalue weighted by atomic mass is 10.1. The van der Waals surface area contributed by atoms with Gasteiger partial charge in [-0.05, 0) is 31.8 Å². The minimum absolute atomic E-state index is 0.106. The topological polar surface area (TPSA) is 48.5 Å². The Labute approximate surface area is 137 Å². The number of hydrogen-bond acceptors (Lipinski definition) is 4. The number of benzene rings is 1. The van der Waals surface area contributed by atoms with Crippen LogP contribution < -0.4 is 10.2 Å². The Morgan fingerprint density at radius 3 is 2.30 bits per heavy atom. The van der Waals surface area contributed by atoms with Crippen molar-refractivity contribution in [1.82, 2.24) is 15.2 Å². The molecule has 0 aliphatic rings. The van der Waals surface area contributed by atoms with E-state index in [0.717, 1.165) is 5.82 Å². The van der Waals surface area contributed by atoms with E-state index in [1.54, 1.807) is 12.3 Å². The molecule has 0 saturated heterocycles. The molecule has 1 aromatic heterocycles. The van der Waals surface area contributed by atoms with Gasteiger partial charge in [0.25, 0.3) is 5.91 Å². The second-order valence-electron chi connectivity index (χ2n) is 5.90. The Hall–Kier alpha value is -2.40. The van der Waals surface area contributed by atoms with Crippen LogP contribution in [0.1, 0.15) is 22.0 Å². The highest BCUT2D eigenvalue weighted by atomic mass is 16.1. The van der Waals surface area contributed by atoms with Crippen molar-refractivity contribution in [3.8, 4) is 0 Å². The maximum atomic E-state index is 12.3. The summed E-state index contributed by atoms with van der Waals surface area (Å²) in [6.45, 7) is 0.547. The van der Waals surface area contributed by atoms with Gasteiger partial charge in [0.15, 0.2) is 0 Å². The smallest absolute Gasteiger partial charge is 0.252 e. The van der Waals surface area contributed by atoms with Crippen molar-refractivity contribution in [2.45, 2.75) is 6.04 Å². The van der Waals surface area contributed by atoms with Gasteiger partial charge < -0.3 is 15.1 Å². The van der Waals surface area contributed by atoms with Crippen LogP contribution in [-0.2, 0) is 0 Å². The molecule has 5 nitrogen and oxygen atoms in total. The zero-order valence-corrected chi connectivity index (χ0v) is 14.2. The zero-order chi connectivity index (χ0) is 16.8. The van der Waals surface area contributed by atoms with Gasteiger partial charge in [0.05, 0.1) is 11.6 Å². The Bertz CT molecular complexity index is 623. The van der Waals surface area contributed by atoms with Crippen molar-refractivity contribution in [2.75, 3.05) is 39.6 Å². The third kappa shape index (κ3) is 4.53. The lowest BCUT2D eigenvalue weighted by Crippen LogP contribution is -2.34. The van der Waals surface area contributed by atoms with Crippen LogP contribution >= 0.6 is 0 Å². The van der Waals surface area contributed by atoms with E-state index in [0.29, 0.717) is 12.1 Å². The third-order valence-electron chi connectivity index (χ3n) is 3.73. The highest BCUT2D eigenvalue weighted by molar-refractivity contribution is 5.94. The average Bonchev–Trinajstić information content (AvgIpc) is 2.55. The standard InChI is InChI=1S/C18H24N4O/c1-21(2)16(14-8-6-5-7-9-14)13-20-18(23)15-10-11-17(19-12-15)22(3)4/h5-12,16H,13H2,1-4H3,(H,20,23). The van der Waals surface area contributed by atoms with Crippen molar-refractivity contribution < 1.29 is 4.79 Å². The SMILES string of the molecule is CN(C)c1ccc(C(=O)NCC(c2ccccc2)N(C)C)cn1. The summed E-state index contributed by atoms with van der Waals surface area (Å²) in [5.41, 5.74) is 1.75. The van der Waals surface area contributed by atoms with Crippen LogP contribution in [-0.4, -0.2) is 50.5 Å². The van der Waals surface area contributed by atoms with E-state index >= 15 is 0 Å². The number of nitrogens with zero attached hydrogens (tertiary/aromatic N) is 3. The highest BCUT2D eigenvalue weighted by Crippen LogP contribution is 2.17. The number of carbonyl (C=O) groups excluding carboxylic acids is 1. The normalized spacial score (nSPS) is 12.0. The molecule has 2 aromatic rings. The van der Waals surface area contributed by atoms with Crippen molar-refractivity contribution >= 4 is 11.7 Å². The molecular weight excluding hydrogens is 288 g/mol. The number of amides is 1. The molecule has 0 fully saturated rings. The second kappa shape index (κ2) is 7.74. The number of aromatic nitrogens is 1. The highest BCUT2D eigenvalue weighted by Gasteiger charge is 2.15. The molecule has 0 bridgehead atoms. The Morgan fingerprint density at radius 1 is 1.09 bits per heavy atom. The van der Waals surface area contributed by atoms with Gasteiger partial charge in [-0.3, -0.25) is 4.79 Å². The molecule has 0 radical (unpaired) electrons. The predicted octanol–water partition coefficient (Wildman–Crippen LogP) is 2.18. The van der Waals surface area contributed by atoms with Gasteiger partial charge in [0.1, 0.15) is 5.82 Å². The van der Waals surface area contributed by atoms with Crippen molar-refractivity contribution in [3.63, 3.8) is 0 Å². The number of rotatable bonds is 6. The Kier molecular flexibility index (Phi) is 5.71. The molecule has 0 aliphatic carbocycles. The number of nitrogens with one attached hydrogen (secondary N) is 1. The quantitative estimate of drug-likeness (QED) is 0.888. The maximum Gasteiger partial charge on any atom is 0.252 e. The van der Waals surface area contributed by atoms with Gasteiger partial charge >= 0.3 is 0 Å². The molecule has 5 heteroatoms. The van der Waals surface area contributed by atoms with Crippen LogP contribution in [0.3, 0.4) is 0 Å². The molecule has 1 unspecified atom stereocenters. The summed E-state index contributed by atoms with van der Waals surface area (Å²) in [5.74, 6) is 0.725. The molecule has 1 aromatic carbocycles. The summed E-state index contributed by atoms with van der Waals surface area (Å²) < 4.78 is 0. The fraction of sp³-hybridized carbons (Fsp3) is 0.333. The van der Waals surface area contributed by atoms with Crippen LogP contribution in [0, 0.1) is 0 Å². The molecule has 122 valence electrons. The Morgan fingerprint density at radius 2 is 1.78 bits per heavy atom. The number of pyridine rings is 1.